The lowest BCUT2D eigenvalue weighted by Gasteiger charge is -2.48. The van der Waals surface area contributed by atoms with Crippen LogP contribution in [0.4, 0.5) is 13.2 Å². The molecule has 0 saturated carbocycles. The number of rotatable bonds is 3. The van der Waals surface area contributed by atoms with E-state index in [4.69, 9.17) is 0 Å². The van der Waals surface area contributed by atoms with Crippen molar-refractivity contribution in [2.24, 2.45) is 17.8 Å². The maximum atomic E-state index is 14.8. The van der Waals surface area contributed by atoms with Gasteiger partial charge in [-0.05, 0) is 50.1 Å². The lowest BCUT2D eigenvalue weighted by molar-refractivity contribution is -0.152. The third-order valence-electron chi connectivity index (χ3n) is 8.06. The van der Waals surface area contributed by atoms with Gasteiger partial charge in [0.2, 0.25) is 5.91 Å². The van der Waals surface area contributed by atoms with E-state index in [0.29, 0.717) is 37.3 Å². The van der Waals surface area contributed by atoms with Crippen LogP contribution < -0.4 is 0 Å². The summed E-state index contributed by atoms with van der Waals surface area (Å²) in [6.45, 7) is 11.6. The summed E-state index contributed by atoms with van der Waals surface area (Å²) in [4.78, 5) is 17.8. The van der Waals surface area contributed by atoms with Gasteiger partial charge in [-0.2, -0.15) is 0 Å². The van der Waals surface area contributed by atoms with Gasteiger partial charge in [0, 0.05) is 55.5 Å². The van der Waals surface area contributed by atoms with Gasteiger partial charge in [0.15, 0.2) is 0 Å². The molecule has 4 nitrogen and oxygen atoms in total. The van der Waals surface area contributed by atoms with Crippen LogP contribution in [0.25, 0.3) is 0 Å². The van der Waals surface area contributed by atoms with Gasteiger partial charge in [-0.15, -0.1) is 0 Å². The molecule has 0 aliphatic carbocycles. The Morgan fingerprint density at radius 2 is 1.49 bits per heavy atom. The molecule has 2 saturated heterocycles. The third kappa shape index (κ3) is 4.73. The number of carbonyl (C=O) groups excluding carboxylic acids is 1. The van der Waals surface area contributed by atoms with Crippen LogP contribution in [0.15, 0.2) is 42.5 Å². The highest BCUT2D eigenvalue weighted by atomic mass is 19.1. The van der Waals surface area contributed by atoms with Crippen LogP contribution in [0.3, 0.4) is 0 Å². The first-order valence-corrected chi connectivity index (χ1v) is 12.3. The van der Waals surface area contributed by atoms with E-state index in [0.717, 1.165) is 6.07 Å². The van der Waals surface area contributed by atoms with Gasteiger partial charge in [-0.25, -0.2) is 13.2 Å². The van der Waals surface area contributed by atoms with E-state index < -0.39 is 29.1 Å². The number of nitrogens with zero attached hydrogens (tertiary/aromatic N) is 2. The molecule has 1 N–H and O–H groups in total. The fourth-order valence-corrected chi connectivity index (χ4v) is 5.92. The first kappa shape index (κ1) is 25.7. The molecule has 35 heavy (non-hydrogen) atoms. The van der Waals surface area contributed by atoms with Crippen molar-refractivity contribution in [3.63, 3.8) is 0 Å². The molecule has 2 aromatic rings. The molecule has 4 rings (SSSR count). The zero-order chi connectivity index (χ0) is 25.7. The van der Waals surface area contributed by atoms with E-state index in [9.17, 15) is 23.1 Å². The number of carbonyl (C=O) groups is 1. The summed E-state index contributed by atoms with van der Waals surface area (Å²) in [6, 6.07) is 9.46. The van der Waals surface area contributed by atoms with Gasteiger partial charge in [0.25, 0.3) is 0 Å². The van der Waals surface area contributed by atoms with Crippen LogP contribution in [0, 0.1) is 35.2 Å². The lowest BCUT2D eigenvalue weighted by Crippen LogP contribution is -2.57. The standard InChI is InChI=1S/C28H35F3N2O2/c1-17-13-32(14-18(2)28(17,35)19-6-8-20(29)9-7-19)26(34)24-16-33(27(3,4)5)15-23(24)22-11-10-21(30)12-25(22)31/h6-12,17-18,23-24,35H,13-16H2,1-5H3/t17-,18+,23-,24+,28?/m0/s1. The maximum Gasteiger partial charge on any atom is 0.227 e. The molecule has 2 heterocycles. The van der Waals surface area contributed by atoms with Crippen molar-refractivity contribution in [1.82, 2.24) is 9.80 Å². The predicted molar refractivity (Wildman–Crippen MR) is 129 cm³/mol. The molecule has 2 aliphatic heterocycles. The van der Waals surface area contributed by atoms with Gasteiger partial charge in [-0.3, -0.25) is 9.69 Å². The summed E-state index contributed by atoms with van der Waals surface area (Å²) < 4.78 is 41.9. The van der Waals surface area contributed by atoms with Crippen molar-refractivity contribution >= 4 is 5.91 Å². The Bertz CT molecular complexity index is 1070. The molecule has 5 atom stereocenters. The maximum absolute atomic E-state index is 14.8. The van der Waals surface area contributed by atoms with Crippen LogP contribution >= 0.6 is 0 Å². The zero-order valence-electron chi connectivity index (χ0n) is 21.1. The number of halogens is 3. The van der Waals surface area contributed by atoms with Gasteiger partial charge < -0.3 is 10.0 Å². The Labute approximate surface area is 205 Å². The average Bonchev–Trinajstić information content (AvgIpc) is 3.23. The van der Waals surface area contributed by atoms with E-state index in [2.05, 4.69) is 25.7 Å². The largest absolute Gasteiger partial charge is 0.384 e. The third-order valence-corrected chi connectivity index (χ3v) is 8.06. The summed E-state index contributed by atoms with van der Waals surface area (Å²) in [5.41, 5.74) is -0.413. The lowest BCUT2D eigenvalue weighted by atomic mass is 9.70. The molecular formula is C28H35F3N2O2. The summed E-state index contributed by atoms with van der Waals surface area (Å²) in [5, 5.41) is 11.6. The highest BCUT2D eigenvalue weighted by Gasteiger charge is 2.50. The number of aliphatic hydroxyl groups is 1. The van der Waals surface area contributed by atoms with Gasteiger partial charge >= 0.3 is 0 Å². The topological polar surface area (TPSA) is 43.8 Å². The molecule has 0 bridgehead atoms. The van der Waals surface area contributed by atoms with Gasteiger partial charge in [-0.1, -0.05) is 32.0 Å². The van der Waals surface area contributed by atoms with E-state index in [1.807, 2.05) is 13.8 Å². The first-order chi connectivity index (χ1) is 16.3. The Balaban J connectivity index is 1.61. The zero-order valence-corrected chi connectivity index (χ0v) is 21.1. The summed E-state index contributed by atoms with van der Waals surface area (Å²) >= 11 is 0. The smallest absolute Gasteiger partial charge is 0.227 e. The molecular weight excluding hydrogens is 453 g/mol. The van der Waals surface area contributed by atoms with Gasteiger partial charge in [0.1, 0.15) is 17.5 Å². The second-order valence-corrected chi connectivity index (χ2v) is 11.3. The molecule has 1 unspecified atom stereocenters. The SMILES string of the molecule is C[C@@H]1CN(C(=O)[C@@H]2CN(C(C)(C)C)C[C@H]2c2ccc(F)cc2F)C[C@H](C)C1(O)c1ccc(F)cc1. The van der Waals surface area contributed by atoms with Crippen LogP contribution in [-0.4, -0.2) is 52.5 Å². The number of benzene rings is 2. The molecule has 0 aromatic heterocycles. The second-order valence-electron chi connectivity index (χ2n) is 11.3. The molecule has 0 spiro atoms. The van der Waals surface area contributed by atoms with E-state index >= 15 is 0 Å². The number of amides is 1. The normalized spacial score (nSPS) is 30.0. The Morgan fingerprint density at radius 3 is 2.03 bits per heavy atom. The minimum Gasteiger partial charge on any atom is -0.384 e. The second kappa shape index (κ2) is 9.25. The fourth-order valence-electron chi connectivity index (χ4n) is 5.92. The van der Waals surface area contributed by atoms with Crippen molar-refractivity contribution in [2.75, 3.05) is 26.2 Å². The van der Waals surface area contributed by atoms with Crippen molar-refractivity contribution in [1.29, 1.82) is 0 Å². The van der Waals surface area contributed by atoms with Crippen molar-refractivity contribution in [3.8, 4) is 0 Å². The molecule has 2 fully saturated rings. The summed E-state index contributed by atoms with van der Waals surface area (Å²) in [5.74, 6) is -3.17. The molecule has 2 aliphatic rings. The minimum absolute atomic E-state index is 0.0784. The quantitative estimate of drug-likeness (QED) is 0.667. The van der Waals surface area contributed by atoms with Crippen molar-refractivity contribution < 1.29 is 23.1 Å². The Morgan fingerprint density at radius 1 is 0.914 bits per heavy atom. The summed E-state index contributed by atoms with van der Waals surface area (Å²) in [6.07, 6.45) is 0. The van der Waals surface area contributed by atoms with Crippen molar-refractivity contribution in [2.45, 2.75) is 51.7 Å². The monoisotopic (exact) mass is 488 g/mol. The highest BCUT2D eigenvalue weighted by Crippen LogP contribution is 2.44. The molecule has 1 amide bonds. The van der Waals surface area contributed by atoms with Crippen LogP contribution in [0.2, 0.25) is 0 Å². The van der Waals surface area contributed by atoms with Crippen LogP contribution in [0.1, 0.15) is 51.7 Å². The molecule has 7 heteroatoms. The minimum atomic E-state index is -1.19. The van der Waals surface area contributed by atoms with E-state index in [-0.39, 0.29) is 29.1 Å². The average molecular weight is 489 g/mol. The van der Waals surface area contributed by atoms with Crippen LogP contribution in [-0.2, 0) is 10.4 Å². The Hall–Kier alpha value is -2.38. The van der Waals surface area contributed by atoms with E-state index in [1.165, 1.54) is 24.3 Å². The first-order valence-electron chi connectivity index (χ1n) is 12.3. The highest BCUT2D eigenvalue weighted by molar-refractivity contribution is 5.81. The predicted octanol–water partition coefficient (Wildman–Crippen LogP) is 4.92. The number of piperidine rings is 1. The Kier molecular flexibility index (Phi) is 6.79. The number of hydrogen-bond donors (Lipinski definition) is 1. The van der Waals surface area contributed by atoms with Crippen molar-refractivity contribution in [3.05, 3.63) is 71.0 Å². The number of hydrogen-bond acceptors (Lipinski definition) is 3. The summed E-state index contributed by atoms with van der Waals surface area (Å²) in [7, 11) is 0. The fraction of sp³-hybridized carbons (Fsp3) is 0.536. The molecule has 190 valence electrons. The number of likely N-dealkylation sites (tertiary alicyclic amines) is 2. The van der Waals surface area contributed by atoms with Crippen LogP contribution in [0.5, 0.6) is 0 Å². The van der Waals surface area contributed by atoms with Gasteiger partial charge in [0.05, 0.1) is 11.5 Å². The molecule has 2 aromatic carbocycles. The van der Waals surface area contributed by atoms with E-state index in [1.54, 1.807) is 17.0 Å². The molecule has 0 radical (unpaired) electrons.